The minimum Gasteiger partial charge on any atom is -0.378 e. The van der Waals surface area contributed by atoms with E-state index in [2.05, 4.69) is 15.5 Å². The molecule has 1 fully saturated rings. The van der Waals surface area contributed by atoms with Crippen molar-refractivity contribution in [3.05, 3.63) is 74.3 Å². The number of imide groups is 1. The van der Waals surface area contributed by atoms with Gasteiger partial charge in [-0.3, -0.25) is 34.7 Å². The van der Waals surface area contributed by atoms with Gasteiger partial charge in [-0.25, -0.2) is 0 Å². The number of hydrogen-bond donors (Lipinski definition) is 1. The number of amides is 3. The van der Waals surface area contributed by atoms with Gasteiger partial charge in [-0.1, -0.05) is 23.5 Å². The van der Waals surface area contributed by atoms with Gasteiger partial charge >= 0.3 is 0 Å². The molecule has 0 radical (unpaired) electrons. The number of benzene rings is 2. The second-order valence-corrected chi connectivity index (χ2v) is 8.82. The molecule has 2 aromatic carbocycles. The zero-order chi connectivity index (χ0) is 24.5. The highest BCUT2D eigenvalue weighted by atomic mass is 32.1. The predicted octanol–water partition coefficient (Wildman–Crippen LogP) is 2.33. The molecule has 0 atom stereocenters. The van der Waals surface area contributed by atoms with Crippen molar-refractivity contribution in [3.8, 4) is 0 Å². The van der Waals surface area contributed by atoms with Gasteiger partial charge < -0.3 is 9.64 Å². The van der Waals surface area contributed by atoms with Crippen LogP contribution in [-0.2, 0) is 11.3 Å². The zero-order valence-corrected chi connectivity index (χ0v) is 19.0. The number of nitro benzene ring substituents is 1. The summed E-state index contributed by atoms with van der Waals surface area (Å²) >= 11 is 1.01. The van der Waals surface area contributed by atoms with Crippen molar-refractivity contribution in [2.24, 2.45) is 0 Å². The van der Waals surface area contributed by atoms with E-state index in [1.54, 1.807) is 30.3 Å². The van der Waals surface area contributed by atoms with Crippen LogP contribution in [0.4, 0.5) is 16.5 Å². The molecule has 35 heavy (non-hydrogen) atoms. The Bertz CT molecular complexity index is 1320. The Labute approximate surface area is 202 Å². The fourth-order valence-electron chi connectivity index (χ4n) is 3.94. The molecule has 0 bridgehead atoms. The van der Waals surface area contributed by atoms with Crippen LogP contribution in [0.2, 0.25) is 0 Å². The second kappa shape index (κ2) is 9.19. The Hall–Kier alpha value is -4.23. The molecule has 0 saturated carbocycles. The average Bonchev–Trinajstić information content (AvgIpc) is 3.42. The van der Waals surface area contributed by atoms with Crippen molar-refractivity contribution in [1.29, 1.82) is 0 Å². The van der Waals surface area contributed by atoms with Crippen LogP contribution in [0.15, 0.2) is 42.5 Å². The van der Waals surface area contributed by atoms with E-state index in [-0.39, 0.29) is 22.9 Å². The quantitative estimate of drug-likeness (QED) is 0.310. The fraction of sp³-hybridized carbons (Fsp3) is 0.227. The molecule has 0 spiro atoms. The van der Waals surface area contributed by atoms with Gasteiger partial charge in [0.25, 0.3) is 23.4 Å². The number of ether oxygens (including phenoxy) is 1. The molecular formula is C22H18N6O6S. The summed E-state index contributed by atoms with van der Waals surface area (Å²) in [4.78, 5) is 51.8. The van der Waals surface area contributed by atoms with Gasteiger partial charge in [0.2, 0.25) is 5.13 Å². The molecule has 3 amide bonds. The summed E-state index contributed by atoms with van der Waals surface area (Å²) in [5, 5.41) is 22.6. The second-order valence-electron chi connectivity index (χ2n) is 7.76. The number of morpholine rings is 1. The molecule has 0 unspecified atom stereocenters. The number of nitrogens with one attached hydrogen (secondary N) is 1. The lowest BCUT2D eigenvalue weighted by atomic mass is 10.1. The third kappa shape index (κ3) is 4.34. The highest BCUT2D eigenvalue weighted by molar-refractivity contribution is 7.15. The van der Waals surface area contributed by atoms with Gasteiger partial charge in [0.1, 0.15) is 10.7 Å². The molecule has 1 aromatic heterocycles. The largest absolute Gasteiger partial charge is 0.378 e. The first-order chi connectivity index (χ1) is 16.9. The average molecular weight is 494 g/mol. The van der Waals surface area contributed by atoms with Crippen LogP contribution in [0.25, 0.3) is 0 Å². The van der Waals surface area contributed by atoms with Crippen molar-refractivity contribution in [1.82, 2.24) is 15.1 Å². The lowest BCUT2D eigenvalue weighted by Gasteiger charge is -2.28. The molecule has 3 heterocycles. The summed E-state index contributed by atoms with van der Waals surface area (Å²) in [6.45, 7) is 1.90. The van der Waals surface area contributed by atoms with Gasteiger partial charge in [-0.2, -0.15) is 0 Å². The first kappa shape index (κ1) is 22.6. The summed E-state index contributed by atoms with van der Waals surface area (Å²) in [5.41, 5.74) is 0.998. The highest BCUT2D eigenvalue weighted by Crippen LogP contribution is 2.31. The topological polar surface area (TPSA) is 148 Å². The van der Waals surface area contributed by atoms with E-state index < -0.39 is 22.6 Å². The van der Waals surface area contributed by atoms with Crippen molar-refractivity contribution in [2.45, 2.75) is 6.54 Å². The maximum atomic E-state index is 12.7. The third-order valence-corrected chi connectivity index (χ3v) is 6.47. The van der Waals surface area contributed by atoms with E-state index in [9.17, 15) is 24.5 Å². The van der Waals surface area contributed by atoms with Crippen LogP contribution in [0.5, 0.6) is 0 Å². The number of fused-ring (bicyclic) bond motifs is 1. The lowest BCUT2D eigenvalue weighted by molar-refractivity contribution is -0.384. The minimum absolute atomic E-state index is 0.0837. The number of nitrogens with zero attached hydrogens (tertiary/aromatic N) is 5. The summed E-state index contributed by atoms with van der Waals surface area (Å²) in [5.74, 6) is -1.43. The van der Waals surface area contributed by atoms with Crippen LogP contribution in [0.3, 0.4) is 0 Å². The Morgan fingerprint density at radius 3 is 2.43 bits per heavy atom. The molecule has 2 aliphatic heterocycles. The van der Waals surface area contributed by atoms with Crippen molar-refractivity contribution < 1.29 is 24.0 Å². The molecule has 1 N–H and O–H groups in total. The molecule has 3 aromatic rings. The van der Waals surface area contributed by atoms with Crippen LogP contribution < -0.4 is 10.2 Å². The number of aromatic nitrogens is 2. The Morgan fingerprint density at radius 2 is 1.77 bits per heavy atom. The van der Waals surface area contributed by atoms with E-state index in [0.717, 1.165) is 16.2 Å². The SMILES string of the molecule is O=C(Nc1nnc(CN2C(=O)c3ccccc3C2=O)s1)c1ccc(N2CCOCC2)c([N+](=O)[O-])c1. The molecule has 1 saturated heterocycles. The van der Waals surface area contributed by atoms with Crippen molar-refractivity contribution in [3.63, 3.8) is 0 Å². The number of anilines is 2. The van der Waals surface area contributed by atoms with E-state index in [4.69, 9.17) is 4.74 Å². The number of carbonyl (C=O) groups is 3. The summed E-state index contributed by atoms with van der Waals surface area (Å²) < 4.78 is 5.29. The van der Waals surface area contributed by atoms with Crippen LogP contribution >= 0.6 is 11.3 Å². The monoisotopic (exact) mass is 494 g/mol. The van der Waals surface area contributed by atoms with Crippen LogP contribution in [0, 0.1) is 10.1 Å². The number of hydrogen-bond acceptors (Lipinski definition) is 10. The van der Waals surface area contributed by atoms with Gasteiger partial charge in [0, 0.05) is 24.7 Å². The molecule has 5 rings (SSSR count). The van der Waals surface area contributed by atoms with E-state index >= 15 is 0 Å². The minimum atomic E-state index is -0.593. The fourth-order valence-corrected chi connectivity index (χ4v) is 4.66. The van der Waals surface area contributed by atoms with Gasteiger partial charge in [-0.15, -0.1) is 10.2 Å². The summed E-state index contributed by atoms with van der Waals surface area (Å²) in [6, 6.07) is 10.8. The smallest absolute Gasteiger partial charge is 0.293 e. The third-order valence-electron chi connectivity index (χ3n) is 5.64. The normalized spacial score (nSPS) is 15.3. The number of carbonyl (C=O) groups excluding carboxylic acids is 3. The number of nitro groups is 1. The van der Waals surface area contributed by atoms with Gasteiger partial charge in [0.15, 0.2) is 0 Å². The van der Waals surface area contributed by atoms with E-state index in [1.807, 2.05) is 4.90 Å². The summed E-state index contributed by atoms with van der Waals surface area (Å²) in [6.07, 6.45) is 0. The highest BCUT2D eigenvalue weighted by Gasteiger charge is 2.35. The Kier molecular flexibility index (Phi) is 5.93. The molecule has 2 aliphatic rings. The summed E-state index contributed by atoms with van der Waals surface area (Å²) in [7, 11) is 0. The Morgan fingerprint density at radius 1 is 1.09 bits per heavy atom. The van der Waals surface area contributed by atoms with Gasteiger partial charge in [-0.05, 0) is 24.3 Å². The first-order valence-corrected chi connectivity index (χ1v) is 11.4. The van der Waals surface area contributed by atoms with E-state index in [0.29, 0.717) is 48.1 Å². The number of rotatable bonds is 6. The predicted molar refractivity (Wildman–Crippen MR) is 125 cm³/mol. The van der Waals surface area contributed by atoms with Gasteiger partial charge in [0.05, 0.1) is 35.8 Å². The first-order valence-electron chi connectivity index (χ1n) is 10.6. The van der Waals surface area contributed by atoms with E-state index in [1.165, 1.54) is 12.1 Å². The van der Waals surface area contributed by atoms with Crippen LogP contribution in [-0.4, -0.2) is 64.0 Å². The van der Waals surface area contributed by atoms with Crippen LogP contribution in [0.1, 0.15) is 36.1 Å². The molecule has 0 aliphatic carbocycles. The lowest BCUT2D eigenvalue weighted by Crippen LogP contribution is -2.36. The molecule has 12 nitrogen and oxygen atoms in total. The molecular weight excluding hydrogens is 476 g/mol. The molecule has 178 valence electrons. The Balaban J connectivity index is 1.29. The van der Waals surface area contributed by atoms with Crippen molar-refractivity contribution in [2.75, 3.05) is 36.5 Å². The standard InChI is InChI=1S/C22H18N6O6S/c29-19(13-5-6-16(17(11-13)28(32)33)26-7-9-34-10-8-26)23-22-25-24-18(35-22)12-27-20(30)14-3-1-2-4-15(14)21(27)31/h1-6,11H,7-10,12H2,(H,23,25,29). The maximum Gasteiger partial charge on any atom is 0.293 e. The maximum absolute atomic E-state index is 12.7. The molecule has 13 heteroatoms. The zero-order valence-electron chi connectivity index (χ0n) is 18.2. The van der Waals surface area contributed by atoms with Crippen molar-refractivity contribution >= 4 is 45.6 Å².